The molecule has 18 heavy (non-hydrogen) atoms. The molecule has 5 heteroatoms. The van der Waals surface area contributed by atoms with Gasteiger partial charge in [-0.15, -0.1) is 11.3 Å². The van der Waals surface area contributed by atoms with Crippen molar-refractivity contribution in [1.82, 2.24) is 4.90 Å². The molecule has 2 N–H and O–H groups in total. The molecular formula is C13H19ClN2OS. The van der Waals surface area contributed by atoms with E-state index in [2.05, 4.69) is 0 Å². The van der Waals surface area contributed by atoms with Crippen LogP contribution >= 0.6 is 22.9 Å². The van der Waals surface area contributed by atoms with Crippen molar-refractivity contribution < 1.29 is 4.79 Å². The van der Waals surface area contributed by atoms with Crippen molar-refractivity contribution >= 4 is 28.8 Å². The minimum Gasteiger partial charge on any atom is -0.340 e. The van der Waals surface area contributed by atoms with Crippen LogP contribution in [-0.2, 0) is 11.3 Å². The van der Waals surface area contributed by atoms with Crippen molar-refractivity contribution in [1.29, 1.82) is 0 Å². The maximum Gasteiger partial charge on any atom is 0.225 e. The van der Waals surface area contributed by atoms with Gasteiger partial charge in [-0.1, -0.05) is 18.0 Å². The van der Waals surface area contributed by atoms with Crippen molar-refractivity contribution in [3.05, 3.63) is 21.3 Å². The molecule has 0 bridgehead atoms. The van der Waals surface area contributed by atoms with Gasteiger partial charge in [0.2, 0.25) is 5.91 Å². The lowest BCUT2D eigenvalue weighted by molar-refractivity contribution is -0.135. The highest BCUT2D eigenvalue weighted by Crippen LogP contribution is 2.26. The third-order valence-corrected chi connectivity index (χ3v) is 4.68. The fourth-order valence-electron chi connectivity index (χ4n) is 2.51. The lowest BCUT2D eigenvalue weighted by Crippen LogP contribution is -2.38. The molecule has 2 atom stereocenters. The van der Waals surface area contributed by atoms with E-state index < -0.39 is 0 Å². The van der Waals surface area contributed by atoms with Crippen molar-refractivity contribution in [2.24, 2.45) is 11.7 Å². The summed E-state index contributed by atoms with van der Waals surface area (Å²) in [5, 5.41) is 0. The van der Waals surface area contributed by atoms with Crippen LogP contribution in [0.25, 0.3) is 0 Å². The number of nitrogens with two attached hydrogens (primary N) is 1. The molecule has 0 aliphatic heterocycles. The van der Waals surface area contributed by atoms with Gasteiger partial charge in [-0.3, -0.25) is 4.79 Å². The third kappa shape index (κ3) is 3.46. The Morgan fingerprint density at radius 1 is 1.56 bits per heavy atom. The Morgan fingerprint density at radius 2 is 2.33 bits per heavy atom. The van der Waals surface area contributed by atoms with Crippen LogP contribution < -0.4 is 5.73 Å². The highest BCUT2D eigenvalue weighted by atomic mass is 35.5. The van der Waals surface area contributed by atoms with E-state index >= 15 is 0 Å². The Balaban J connectivity index is 1.91. The first kappa shape index (κ1) is 13.8. The number of hydrogen-bond acceptors (Lipinski definition) is 3. The van der Waals surface area contributed by atoms with Gasteiger partial charge in [-0.2, -0.15) is 0 Å². The summed E-state index contributed by atoms with van der Waals surface area (Å²) in [4.78, 5) is 15.2. The minimum atomic E-state index is 0.106. The van der Waals surface area contributed by atoms with Gasteiger partial charge >= 0.3 is 0 Å². The molecular weight excluding hydrogens is 268 g/mol. The first-order valence-corrected chi connectivity index (χ1v) is 7.50. The largest absolute Gasteiger partial charge is 0.340 e. The number of amides is 1. The summed E-state index contributed by atoms with van der Waals surface area (Å²) < 4.78 is 0.769. The fraction of sp³-hybridized carbons (Fsp3) is 0.615. The number of nitrogens with zero attached hydrogens (tertiary/aromatic N) is 1. The Morgan fingerprint density at radius 3 is 2.94 bits per heavy atom. The second-order valence-electron chi connectivity index (χ2n) is 5.02. The van der Waals surface area contributed by atoms with Gasteiger partial charge in [0.15, 0.2) is 0 Å². The molecule has 2 rings (SSSR count). The number of rotatable bonds is 3. The van der Waals surface area contributed by atoms with Crippen LogP contribution in [0.15, 0.2) is 12.1 Å². The zero-order chi connectivity index (χ0) is 13.1. The summed E-state index contributed by atoms with van der Waals surface area (Å²) in [6.45, 7) is 0.641. The summed E-state index contributed by atoms with van der Waals surface area (Å²) >= 11 is 7.42. The van der Waals surface area contributed by atoms with Crippen LogP contribution in [0.5, 0.6) is 0 Å². The number of carbonyl (C=O) groups excluding carboxylic acids is 1. The van der Waals surface area contributed by atoms with Crippen molar-refractivity contribution in [3.8, 4) is 0 Å². The predicted octanol–water partition coefficient (Wildman–Crippen LogP) is 2.88. The van der Waals surface area contributed by atoms with Gasteiger partial charge in [-0.25, -0.2) is 0 Å². The molecule has 0 spiro atoms. The molecule has 0 saturated heterocycles. The van der Waals surface area contributed by atoms with Crippen LogP contribution in [0, 0.1) is 5.92 Å². The molecule has 1 heterocycles. The zero-order valence-corrected chi connectivity index (χ0v) is 12.1. The van der Waals surface area contributed by atoms with Crippen molar-refractivity contribution in [2.45, 2.75) is 38.3 Å². The molecule has 1 aromatic heterocycles. The van der Waals surface area contributed by atoms with Crippen LogP contribution in [0.3, 0.4) is 0 Å². The number of thiophene rings is 1. The molecule has 3 nitrogen and oxygen atoms in total. The molecule has 2 unspecified atom stereocenters. The quantitative estimate of drug-likeness (QED) is 0.929. The van der Waals surface area contributed by atoms with E-state index in [1.807, 2.05) is 19.2 Å². The molecule has 1 aliphatic rings. The van der Waals surface area contributed by atoms with Gasteiger partial charge < -0.3 is 10.6 Å². The smallest absolute Gasteiger partial charge is 0.225 e. The zero-order valence-electron chi connectivity index (χ0n) is 10.6. The van der Waals surface area contributed by atoms with Gasteiger partial charge in [0.1, 0.15) is 0 Å². The predicted molar refractivity (Wildman–Crippen MR) is 75.7 cm³/mol. The van der Waals surface area contributed by atoms with Gasteiger partial charge in [-0.05, 0) is 31.4 Å². The van der Waals surface area contributed by atoms with Crippen LogP contribution in [0.1, 0.15) is 30.6 Å². The lowest BCUT2D eigenvalue weighted by Gasteiger charge is -2.29. The molecule has 0 radical (unpaired) electrons. The van der Waals surface area contributed by atoms with E-state index in [1.54, 1.807) is 4.90 Å². The average Bonchev–Trinajstić information content (AvgIpc) is 2.73. The molecule has 1 aromatic rings. The maximum atomic E-state index is 12.3. The average molecular weight is 287 g/mol. The van der Waals surface area contributed by atoms with E-state index in [0.29, 0.717) is 6.54 Å². The second kappa shape index (κ2) is 6.04. The Hall–Kier alpha value is -0.580. The van der Waals surface area contributed by atoms with Gasteiger partial charge in [0.05, 0.1) is 10.9 Å². The molecule has 1 aliphatic carbocycles. The summed E-state index contributed by atoms with van der Waals surface area (Å²) in [6.07, 6.45) is 3.92. The molecule has 1 amide bonds. The monoisotopic (exact) mass is 286 g/mol. The fourth-order valence-corrected chi connectivity index (χ4v) is 3.65. The van der Waals surface area contributed by atoms with E-state index in [1.165, 1.54) is 11.3 Å². The standard InChI is InChI=1S/C13H19ClN2OS/c1-16(8-11-5-6-12(14)18-11)13(17)9-3-2-4-10(15)7-9/h5-6,9-10H,2-4,7-8,15H2,1H3. The minimum absolute atomic E-state index is 0.106. The topological polar surface area (TPSA) is 46.3 Å². The van der Waals surface area contributed by atoms with Crippen molar-refractivity contribution in [2.75, 3.05) is 7.05 Å². The highest BCUT2D eigenvalue weighted by Gasteiger charge is 2.27. The Labute approximate surface area is 117 Å². The summed E-state index contributed by atoms with van der Waals surface area (Å²) in [5.41, 5.74) is 5.93. The van der Waals surface area contributed by atoms with E-state index in [9.17, 15) is 4.79 Å². The molecule has 0 aromatic carbocycles. The van der Waals surface area contributed by atoms with Crippen LogP contribution in [-0.4, -0.2) is 23.9 Å². The molecule has 1 saturated carbocycles. The molecule has 100 valence electrons. The lowest BCUT2D eigenvalue weighted by atomic mass is 9.85. The number of carbonyl (C=O) groups is 1. The first-order chi connectivity index (χ1) is 8.56. The first-order valence-electron chi connectivity index (χ1n) is 6.31. The Kier molecular flexibility index (Phi) is 4.65. The summed E-state index contributed by atoms with van der Waals surface area (Å²) in [5.74, 6) is 0.323. The molecule has 1 fully saturated rings. The normalized spacial score (nSPS) is 23.9. The van der Waals surface area contributed by atoms with Crippen LogP contribution in [0.2, 0.25) is 4.34 Å². The summed E-state index contributed by atoms with van der Waals surface area (Å²) in [6, 6.07) is 4.04. The van der Waals surface area contributed by atoms with Crippen LogP contribution in [0.4, 0.5) is 0 Å². The number of hydrogen-bond donors (Lipinski definition) is 1. The van der Waals surface area contributed by atoms with E-state index in [4.69, 9.17) is 17.3 Å². The number of halogens is 1. The van der Waals surface area contributed by atoms with E-state index in [-0.39, 0.29) is 17.9 Å². The maximum absolute atomic E-state index is 12.3. The Bertz CT molecular complexity index is 421. The van der Waals surface area contributed by atoms with E-state index in [0.717, 1.165) is 34.9 Å². The van der Waals surface area contributed by atoms with Gasteiger partial charge in [0.25, 0.3) is 0 Å². The SMILES string of the molecule is CN(Cc1ccc(Cl)s1)C(=O)C1CCCC(N)C1. The second-order valence-corrected chi connectivity index (χ2v) is 6.82. The highest BCUT2D eigenvalue weighted by molar-refractivity contribution is 7.16. The summed E-state index contributed by atoms with van der Waals surface area (Å²) in [7, 11) is 1.86. The van der Waals surface area contributed by atoms with Gasteiger partial charge in [0, 0.05) is 23.9 Å². The van der Waals surface area contributed by atoms with Crippen molar-refractivity contribution in [3.63, 3.8) is 0 Å². The third-order valence-electron chi connectivity index (χ3n) is 3.46.